The van der Waals surface area contributed by atoms with Crippen LogP contribution in [0.5, 0.6) is 0 Å². The van der Waals surface area contributed by atoms with Gasteiger partial charge in [0.1, 0.15) is 5.82 Å². The zero-order valence-corrected chi connectivity index (χ0v) is 10.6. The van der Waals surface area contributed by atoms with E-state index in [0.29, 0.717) is 12.5 Å². The van der Waals surface area contributed by atoms with Gasteiger partial charge in [0.25, 0.3) is 0 Å². The van der Waals surface area contributed by atoms with Gasteiger partial charge < -0.3 is 16.0 Å². The molecule has 1 atom stereocenters. The summed E-state index contributed by atoms with van der Waals surface area (Å²) >= 11 is 0. The van der Waals surface area contributed by atoms with Gasteiger partial charge in [0, 0.05) is 25.8 Å². The summed E-state index contributed by atoms with van der Waals surface area (Å²) in [5.74, 6) is 1.20. The minimum Gasteiger partial charge on any atom is -0.369 e. The lowest BCUT2D eigenvalue weighted by Gasteiger charge is -2.17. The molecule has 0 spiro atoms. The Morgan fingerprint density at radius 3 is 3.17 bits per heavy atom. The van der Waals surface area contributed by atoms with Crippen molar-refractivity contribution in [1.29, 1.82) is 0 Å². The Kier molecular flexibility index (Phi) is 3.96. The third kappa shape index (κ3) is 2.88. The molecule has 1 amide bonds. The molecule has 2 rings (SSSR count). The summed E-state index contributed by atoms with van der Waals surface area (Å²) in [6.45, 7) is 4.42. The number of rotatable bonds is 5. The normalized spacial score (nSPS) is 18.9. The van der Waals surface area contributed by atoms with Crippen LogP contribution in [-0.2, 0) is 4.79 Å². The number of aromatic nitrogens is 2. The van der Waals surface area contributed by atoms with E-state index in [1.165, 1.54) is 0 Å². The summed E-state index contributed by atoms with van der Waals surface area (Å²) in [7, 11) is 0. The average Bonchev–Trinajstić information content (AvgIpc) is 2.86. The second kappa shape index (κ2) is 5.66. The Morgan fingerprint density at radius 1 is 1.67 bits per heavy atom. The van der Waals surface area contributed by atoms with Crippen molar-refractivity contribution in [3.63, 3.8) is 0 Å². The van der Waals surface area contributed by atoms with Gasteiger partial charge in [-0.2, -0.15) is 4.98 Å². The van der Waals surface area contributed by atoms with Crippen LogP contribution in [0.15, 0.2) is 12.3 Å². The number of hydrogen-bond acceptors (Lipinski definition) is 5. The molecule has 6 nitrogen and oxygen atoms in total. The van der Waals surface area contributed by atoms with E-state index >= 15 is 0 Å². The molecule has 2 heterocycles. The average molecular weight is 249 g/mol. The van der Waals surface area contributed by atoms with Crippen LogP contribution in [0.3, 0.4) is 0 Å². The molecular formula is C12H19N5O. The first kappa shape index (κ1) is 12.6. The fourth-order valence-electron chi connectivity index (χ4n) is 2.05. The van der Waals surface area contributed by atoms with E-state index in [4.69, 9.17) is 5.73 Å². The molecule has 1 aromatic heterocycles. The van der Waals surface area contributed by atoms with Crippen LogP contribution in [0.2, 0.25) is 0 Å². The van der Waals surface area contributed by atoms with Gasteiger partial charge in [-0.25, -0.2) is 4.98 Å². The maximum atomic E-state index is 11.1. The highest BCUT2D eigenvalue weighted by Crippen LogP contribution is 2.22. The van der Waals surface area contributed by atoms with Crippen molar-refractivity contribution < 1.29 is 4.79 Å². The van der Waals surface area contributed by atoms with Crippen LogP contribution in [0, 0.1) is 5.92 Å². The molecule has 98 valence electrons. The molecule has 1 aliphatic heterocycles. The molecule has 1 fully saturated rings. The minimum absolute atomic E-state index is 0.0629. The molecule has 1 unspecified atom stereocenters. The number of primary amides is 1. The second-order valence-corrected chi connectivity index (χ2v) is 4.50. The lowest BCUT2D eigenvalue weighted by atomic mass is 10.1. The molecule has 0 saturated carbocycles. The Balaban J connectivity index is 2.03. The third-order valence-electron chi connectivity index (χ3n) is 3.09. The summed E-state index contributed by atoms with van der Waals surface area (Å²) in [6.07, 6.45) is 3.57. The summed E-state index contributed by atoms with van der Waals surface area (Å²) in [6, 6.07) is 1.86. The molecular weight excluding hydrogens is 230 g/mol. The van der Waals surface area contributed by atoms with Gasteiger partial charge in [-0.1, -0.05) is 6.92 Å². The number of nitrogens with two attached hydrogens (primary N) is 1. The van der Waals surface area contributed by atoms with Gasteiger partial charge in [0.05, 0.1) is 5.92 Å². The van der Waals surface area contributed by atoms with Crippen molar-refractivity contribution in [2.75, 3.05) is 29.9 Å². The van der Waals surface area contributed by atoms with E-state index in [0.717, 1.165) is 31.7 Å². The van der Waals surface area contributed by atoms with Crippen molar-refractivity contribution >= 4 is 17.7 Å². The van der Waals surface area contributed by atoms with Gasteiger partial charge in [0.2, 0.25) is 11.9 Å². The van der Waals surface area contributed by atoms with E-state index in [9.17, 15) is 4.79 Å². The molecule has 1 aliphatic rings. The lowest BCUT2D eigenvalue weighted by molar-refractivity contribution is -0.121. The Morgan fingerprint density at radius 2 is 2.50 bits per heavy atom. The van der Waals surface area contributed by atoms with E-state index < -0.39 is 0 Å². The van der Waals surface area contributed by atoms with Gasteiger partial charge in [-0.05, 0) is 18.9 Å². The summed E-state index contributed by atoms with van der Waals surface area (Å²) in [5, 5.41) is 3.15. The summed E-state index contributed by atoms with van der Waals surface area (Å²) in [4.78, 5) is 21.8. The van der Waals surface area contributed by atoms with Crippen molar-refractivity contribution in [2.24, 2.45) is 11.7 Å². The number of carbonyl (C=O) groups excluding carboxylic acids is 1. The molecule has 3 N–H and O–H groups in total. The predicted octanol–water partition coefficient (Wildman–Crippen LogP) is 0.610. The van der Waals surface area contributed by atoms with Gasteiger partial charge >= 0.3 is 0 Å². The minimum atomic E-state index is -0.226. The smallest absolute Gasteiger partial charge is 0.224 e. The first-order valence-electron chi connectivity index (χ1n) is 6.32. The maximum Gasteiger partial charge on any atom is 0.224 e. The summed E-state index contributed by atoms with van der Waals surface area (Å²) in [5.41, 5.74) is 5.32. The summed E-state index contributed by atoms with van der Waals surface area (Å²) < 4.78 is 0. The van der Waals surface area contributed by atoms with Crippen LogP contribution >= 0.6 is 0 Å². The highest BCUT2D eigenvalue weighted by Gasteiger charge is 2.27. The SMILES string of the molecule is CCCNc1nccc(N2CCC(C(N)=O)C2)n1. The predicted molar refractivity (Wildman–Crippen MR) is 70.3 cm³/mol. The molecule has 1 aromatic rings. The molecule has 0 bridgehead atoms. The first-order chi connectivity index (χ1) is 8.70. The molecule has 18 heavy (non-hydrogen) atoms. The van der Waals surface area contributed by atoms with Crippen molar-refractivity contribution in [2.45, 2.75) is 19.8 Å². The monoisotopic (exact) mass is 249 g/mol. The molecule has 6 heteroatoms. The number of nitrogens with zero attached hydrogens (tertiary/aromatic N) is 3. The molecule has 1 saturated heterocycles. The number of anilines is 2. The lowest BCUT2D eigenvalue weighted by Crippen LogP contribution is -2.27. The van der Waals surface area contributed by atoms with E-state index in [1.54, 1.807) is 6.20 Å². The van der Waals surface area contributed by atoms with E-state index in [1.807, 2.05) is 6.07 Å². The van der Waals surface area contributed by atoms with Crippen LogP contribution < -0.4 is 16.0 Å². The largest absolute Gasteiger partial charge is 0.369 e. The quantitative estimate of drug-likeness (QED) is 0.798. The van der Waals surface area contributed by atoms with Gasteiger partial charge in [-0.15, -0.1) is 0 Å². The maximum absolute atomic E-state index is 11.1. The zero-order chi connectivity index (χ0) is 13.0. The number of carbonyl (C=O) groups is 1. The van der Waals surface area contributed by atoms with Crippen LogP contribution in [0.1, 0.15) is 19.8 Å². The zero-order valence-electron chi connectivity index (χ0n) is 10.6. The Hall–Kier alpha value is -1.85. The second-order valence-electron chi connectivity index (χ2n) is 4.50. The standard InChI is InChI=1S/C12H19N5O/c1-2-5-14-12-15-6-3-10(16-12)17-7-4-9(8-17)11(13)18/h3,6,9H,2,4-5,7-8H2,1H3,(H2,13,18)(H,14,15,16). The van der Waals surface area contributed by atoms with Gasteiger partial charge in [-0.3, -0.25) is 4.79 Å². The van der Waals surface area contributed by atoms with Gasteiger partial charge in [0.15, 0.2) is 0 Å². The van der Waals surface area contributed by atoms with E-state index in [-0.39, 0.29) is 11.8 Å². The first-order valence-corrected chi connectivity index (χ1v) is 6.32. The Labute approximate surface area is 107 Å². The third-order valence-corrected chi connectivity index (χ3v) is 3.09. The van der Waals surface area contributed by atoms with Crippen molar-refractivity contribution in [3.8, 4) is 0 Å². The van der Waals surface area contributed by atoms with Crippen LogP contribution in [-0.4, -0.2) is 35.5 Å². The van der Waals surface area contributed by atoms with Crippen molar-refractivity contribution in [3.05, 3.63) is 12.3 Å². The number of nitrogens with one attached hydrogen (secondary N) is 1. The highest BCUT2D eigenvalue weighted by atomic mass is 16.1. The van der Waals surface area contributed by atoms with Crippen LogP contribution in [0.25, 0.3) is 0 Å². The molecule has 0 radical (unpaired) electrons. The van der Waals surface area contributed by atoms with E-state index in [2.05, 4.69) is 27.1 Å². The topological polar surface area (TPSA) is 84.1 Å². The molecule has 0 aromatic carbocycles. The number of amides is 1. The number of hydrogen-bond donors (Lipinski definition) is 2. The molecule has 0 aliphatic carbocycles. The fourth-order valence-corrected chi connectivity index (χ4v) is 2.05. The Bertz CT molecular complexity index is 423. The van der Waals surface area contributed by atoms with Crippen molar-refractivity contribution in [1.82, 2.24) is 9.97 Å². The highest BCUT2D eigenvalue weighted by molar-refractivity contribution is 5.78. The fraction of sp³-hybridized carbons (Fsp3) is 0.583. The van der Waals surface area contributed by atoms with Crippen LogP contribution in [0.4, 0.5) is 11.8 Å².